The molecule has 0 saturated carbocycles. The minimum Gasteiger partial charge on any atom is -0.497 e. The Morgan fingerprint density at radius 2 is 2.00 bits per heavy atom. The van der Waals surface area contributed by atoms with Crippen LogP contribution in [0.15, 0.2) is 36.5 Å². The van der Waals surface area contributed by atoms with E-state index in [9.17, 15) is 0 Å². The zero-order valence-corrected chi connectivity index (χ0v) is 10.2. The molecule has 4 heteroatoms. The highest BCUT2D eigenvalue weighted by atomic mass is 16.5. The Hall–Kier alpha value is -1.81. The summed E-state index contributed by atoms with van der Waals surface area (Å²) in [6.07, 6.45) is 2.92. The highest BCUT2D eigenvalue weighted by Crippen LogP contribution is 2.14. The Labute approximate surface area is 101 Å². The van der Waals surface area contributed by atoms with E-state index < -0.39 is 0 Å². The van der Waals surface area contributed by atoms with Crippen molar-refractivity contribution in [2.75, 3.05) is 20.7 Å². The quantitative estimate of drug-likeness (QED) is 0.850. The summed E-state index contributed by atoms with van der Waals surface area (Å²) in [6.45, 7) is 0.944. The van der Waals surface area contributed by atoms with E-state index in [-0.39, 0.29) is 0 Å². The maximum atomic E-state index is 5.13. The van der Waals surface area contributed by atoms with Gasteiger partial charge in [-0.2, -0.15) is 5.10 Å². The molecule has 0 bridgehead atoms. The minimum absolute atomic E-state index is 0.858. The van der Waals surface area contributed by atoms with E-state index in [1.165, 1.54) is 0 Å². The fourth-order valence-corrected chi connectivity index (χ4v) is 1.63. The molecule has 0 saturated heterocycles. The van der Waals surface area contributed by atoms with Crippen molar-refractivity contribution in [2.24, 2.45) is 0 Å². The number of nitrogens with one attached hydrogen (secondary N) is 1. The highest BCUT2D eigenvalue weighted by Gasteiger charge is 2.01. The van der Waals surface area contributed by atoms with Gasteiger partial charge in [0.2, 0.25) is 0 Å². The van der Waals surface area contributed by atoms with Crippen LogP contribution in [0.2, 0.25) is 0 Å². The molecule has 1 N–H and O–H groups in total. The molecule has 1 aromatic heterocycles. The van der Waals surface area contributed by atoms with Gasteiger partial charge in [0.15, 0.2) is 0 Å². The molecular weight excluding hydrogens is 214 g/mol. The number of hydrogen-bond acceptors (Lipinski definition) is 3. The van der Waals surface area contributed by atoms with Crippen LogP contribution < -0.4 is 10.1 Å². The Morgan fingerprint density at radius 3 is 2.65 bits per heavy atom. The van der Waals surface area contributed by atoms with Crippen molar-refractivity contribution < 1.29 is 4.74 Å². The first-order chi connectivity index (χ1) is 8.33. The van der Waals surface area contributed by atoms with Gasteiger partial charge in [0.25, 0.3) is 0 Å². The third-order valence-electron chi connectivity index (χ3n) is 2.61. The molecule has 1 aromatic carbocycles. The SMILES string of the molecule is CNCCc1ccn(-c2ccc(OC)cc2)n1. The fourth-order valence-electron chi connectivity index (χ4n) is 1.63. The number of hydrogen-bond donors (Lipinski definition) is 1. The second-order valence-corrected chi connectivity index (χ2v) is 3.80. The van der Waals surface area contributed by atoms with Gasteiger partial charge in [-0.3, -0.25) is 0 Å². The highest BCUT2D eigenvalue weighted by molar-refractivity contribution is 5.36. The van der Waals surface area contributed by atoms with Crippen molar-refractivity contribution in [1.29, 1.82) is 0 Å². The van der Waals surface area contributed by atoms with E-state index in [1.807, 2.05) is 48.3 Å². The molecule has 2 aromatic rings. The van der Waals surface area contributed by atoms with Crippen LogP contribution in [0.25, 0.3) is 5.69 Å². The first-order valence-electron chi connectivity index (χ1n) is 5.67. The van der Waals surface area contributed by atoms with Crippen molar-refractivity contribution in [2.45, 2.75) is 6.42 Å². The van der Waals surface area contributed by atoms with Crippen LogP contribution in [0, 0.1) is 0 Å². The number of methoxy groups -OCH3 is 1. The zero-order chi connectivity index (χ0) is 12.1. The van der Waals surface area contributed by atoms with Gasteiger partial charge in [0, 0.05) is 19.2 Å². The molecule has 0 fully saturated rings. The largest absolute Gasteiger partial charge is 0.497 e. The van der Waals surface area contributed by atoms with Gasteiger partial charge in [-0.15, -0.1) is 0 Å². The third-order valence-corrected chi connectivity index (χ3v) is 2.61. The number of ether oxygens (including phenoxy) is 1. The maximum Gasteiger partial charge on any atom is 0.119 e. The van der Waals surface area contributed by atoms with Gasteiger partial charge in [-0.25, -0.2) is 4.68 Å². The predicted molar refractivity (Wildman–Crippen MR) is 67.7 cm³/mol. The van der Waals surface area contributed by atoms with E-state index in [0.29, 0.717) is 0 Å². The molecular formula is C13H17N3O. The first-order valence-corrected chi connectivity index (χ1v) is 5.67. The van der Waals surface area contributed by atoms with Crippen LogP contribution in [0.3, 0.4) is 0 Å². The van der Waals surface area contributed by atoms with Crippen LogP contribution in [0.4, 0.5) is 0 Å². The maximum absolute atomic E-state index is 5.13. The average molecular weight is 231 g/mol. The summed E-state index contributed by atoms with van der Waals surface area (Å²) >= 11 is 0. The second-order valence-electron chi connectivity index (χ2n) is 3.80. The van der Waals surface area contributed by atoms with Gasteiger partial charge < -0.3 is 10.1 Å². The smallest absolute Gasteiger partial charge is 0.119 e. The van der Waals surface area contributed by atoms with Gasteiger partial charge in [0.05, 0.1) is 18.5 Å². The topological polar surface area (TPSA) is 39.1 Å². The molecule has 2 rings (SSSR count). The molecule has 0 aliphatic rings. The molecule has 0 atom stereocenters. The minimum atomic E-state index is 0.858. The van der Waals surface area contributed by atoms with Crippen LogP contribution >= 0.6 is 0 Å². The number of benzene rings is 1. The molecule has 0 unspecified atom stereocenters. The second kappa shape index (κ2) is 5.50. The summed E-state index contributed by atoms with van der Waals surface area (Å²) in [7, 11) is 3.61. The predicted octanol–water partition coefficient (Wildman–Crippen LogP) is 1.64. The molecule has 4 nitrogen and oxygen atoms in total. The lowest BCUT2D eigenvalue weighted by Gasteiger charge is -2.03. The lowest BCUT2D eigenvalue weighted by molar-refractivity contribution is 0.414. The lowest BCUT2D eigenvalue weighted by Crippen LogP contribution is -2.10. The molecule has 0 aliphatic heterocycles. The standard InChI is InChI=1S/C13H17N3O/c1-14-9-7-11-8-10-16(15-11)12-3-5-13(17-2)6-4-12/h3-6,8,10,14H,7,9H2,1-2H3. The molecule has 0 radical (unpaired) electrons. The summed E-state index contributed by atoms with van der Waals surface area (Å²) in [4.78, 5) is 0. The molecule has 1 heterocycles. The van der Waals surface area contributed by atoms with E-state index in [2.05, 4.69) is 10.4 Å². The lowest BCUT2D eigenvalue weighted by atomic mass is 10.3. The summed E-state index contributed by atoms with van der Waals surface area (Å²) < 4.78 is 7.00. The number of likely N-dealkylation sites (N-methyl/N-ethyl adjacent to an activating group) is 1. The monoisotopic (exact) mass is 231 g/mol. The molecule has 17 heavy (non-hydrogen) atoms. The Kier molecular flexibility index (Phi) is 3.77. The van der Waals surface area contributed by atoms with Crippen LogP contribution in [-0.4, -0.2) is 30.5 Å². The van der Waals surface area contributed by atoms with E-state index in [4.69, 9.17) is 4.74 Å². The van der Waals surface area contributed by atoms with Gasteiger partial charge >= 0.3 is 0 Å². The van der Waals surface area contributed by atoms with Crippen molar-refractivity contribution in [1.82, 2.24) is 15.1 Å². The van der Waals surface area contributed by atoms with Crippen LogP contribution in [-0.2, 0) is 6.42 Å². The van der Waals surface area contributed by atoms with Crippen molar-refractivity contribution in [3.05, 3.63) is 42.2 Å². The van der Waals surface area contributed by atoms with Crippen molar-refractivity contribution in [3.63, 3.8) is 0 Å². The first kappa shape index (κ1) is 11.7. The van der Waals surface area contributed by atoms with Gasteiger partial charge in [-0.1, -0.05) is 0 Å². The summed E-state index contributed by atoms with van der Waals surface area (Å²) in [5.41, 5.74) is 2.14. The average Bonchev–Trinajstić information content (AvgIpc) is 2.85. The van der Waals surface area contributed by atoms with Crippen LogP contribution in [0.5, 0.6) is 5.75 Å². The molecule has 0 spiro atoms. The normalized spacial score (nSPS) is 10.5. The third kappa shape index (κ3) is 2.85. The molecule has 0 amide bonds. The summed E-state index contributed by atoms with van der Waals surface area (Å²) in [5, 5.41) is 7.62. The number of aromatic nitrogens is 2. The Morgan fingerprint density at radius 1 is 1.24 bits per heavy atom. The van der Waals surface area contributed by atoms with E-state index >= 15 is 0 Å². The van der Waals surface area contributed by atoms with Gasteiger partial charge in [-0.05, 0) is 37.4 Å². The molecule has 90 valence electrons. The summed E-state index contributed by atoms with van der Waals surface area (Å²) in [6, 6.07) is 9.90. The zero-order valence-electron chi connectivity index (χ0n) is 10.2. The van der Waals surface area contributed by atoms with Crippen molar-refractivity contribution >= 4 is 0 Å². The van der Waals surface area contributed by atoms with Crippen LogP contribution in [0.1, 0.15) is 5.69 Å². The number of rotatable bonds is 5. The fraction of sp³-hybridized carbons (Fsp3) is 0.308. The Bertz CT molecular complexity index is 462. The molecule has 0 aliphatic carbocycles. The van der Waals surface area contributed by atoms with E-state index in [0.717, 1.165) is 30.1 Å². The summed E-state index contributed by atoms with van der Waals surface area (Å²) in [5.74, 6) is 0.858. The Balaban J connectivity index is 2.12. The van der Waals surface area contributed by atoms with Gasteiger partial charge in [0.1, 0.15) is 5.75 Å². The number of nitrogens with zero attached hydrogens (tertiary/aromatic N) is 2. The van der Waals surface area contributed by atoms with Crippen molar-refractivity contribution in [3.8, 4) is 11.4 Å². The van der Waals surface area contributed by atoms with E-state index in [1.54, 1.807) is 7.11 Å².